The molecule has 2 heterocycles. The minimum Gasteiger partial charge on any atom is -0.314 e. The quantitative estimate of drug-likeness (QED) is 0.867. The fraction of sp³-hybridized carbons (Fsp3) is 0.750. The highest BCUT2D eigenvalue weighted by atomic mass is 32.1. The van der Waals surface area contributed by atoms with Crippen molar-refractivity contribution in [2.24, 2.45) is 5.92 Å². The Bertz CT molecular complexity index is 324. The molecule has 0 aliphatic carbocycles. The summed E-state index contributed by atoms with van der Waals surface area (Å²) in [4.78, 5) is 7.10. The summed E-state index contributed by atoms with van der Waals surface area (Å²) in [6, 6.07) is 0. The first-order valence-electron chi connectivity index (χ1n) is 6.04. The van der Waals surface area contributed by atoms with Crippen LogP contribution in [0.2, 0.25) is 0 Å². The molecule has 0 amide bonds. The van der Waals surface area contributed by atoms with Gasteiger partial charge in [0, 0.05) is 24.9 Å². The molecule has 90 valence electrons. The highest BCUT2D eigenvalue weighted by molar-refractivity contribution is 7.09. The number of hydrogen-bond donors (Lipinski definition) is 1. The maximum atomic E-state index is 4.66. The van der Waals surface area contributed by atoms with Crippen LogP contribution in [0.15, 0.2) is 5.38 Å². The molecule has 1 aliphatic rings. The smallest absolute Gasteiger partial charge is 0.0932 e. The summed E-state index contributed by atoms with van der Waals surface area (Å²) in [5, 5.41) is 6.63. The highest BCUT2D eigenvalue weighted by Gasteiger charge is 2.18. The summed E-state index contributed by atoms with van der Waals surface area (Å²) < 4.78 is 0. The molecule has 1 aromatic rings. The van der Waals surface area contributed by atoms with E-state index in [0.29, 0.717) is 0 Å². The molecule has 3 nitrogen and oxygen atoms in total. The van der Waals surface area contributed by atoms with Crippen LogP contribution < -0.4 is 5.32 Å². The summed E-state index contributed by atoms with van der Waals surface area (Å²) in [5.74, 6) is 0.812. The lowest BCUT2D eigenvalue weighted by Crippen LogP contribution is -2.32. The molecular weight excluding hydrogens is 218 g/mol. The van der Waals surface area contributed by atoms with Crippen LogP contribution in [0.25, 0.3) is 0 Å². The second-order valence-corrected chi connectivity index (χ2v) is 5.68. The molecule has 0 saturated carbocycles. The van der Waals surface area contributed by atoms with E-state index in [1.165, 1.54) is 43.1 Å². The molecule has 1 saturated heterocycles. The van der Waals surface area contributed by atoms with E-state index < -0.39 is 0 Å². The number of nitrogens with zero attached hydrogens (tertiary/aromatic N) is 2. The van der Waals surface area contributed by atoms with Crippen molar-refractivity contribution in [3.63, 3.8) is 0 Å². The van der Waals surface area contributed by atoms with Crippen LogP contribution in [-0.4, -0.2) is 37.1 Å². The molecule has 0 spiro atoms. The van der Waals surface area contributed by atoms with Crippen LogP contribution in [0.3, 0.4) is 0 Å². The fourth-order valence-electron chi connectivity index (χ4n) is 2.39. The van der Waals surface area contributed by atoms with Crippen molar-refractivity contribution in [2.45, 2.75) is 25.8 Å². The Kier molecular flexibility index (Phi) is 4.32. The molecular formula is C12H21N3S. The van der Waals surface area contributed by atoms with Gasteiger partial charge in [0.2, 0.25) is 0 Å². The number of hydrogen-bond acceptors (Lipinski definition) is 4. The summed E-state index contributed by atoms with van der Waals surface area (Å²) >= 11 is 1.81. The van der Waals surface area contributed by atoms with Crippen LogP contribution in [0.5, 0.6) is 0 Å². The van der Waals surface area contributed by atoms with Gasteiger partial charge in [-0.3, -0.25) is 0 Å². The average Bonchev–Trinajstić information content (AvgIpc) is 2.66. The number of piperidine rings is 1. The van der Waals surface area contributed by atoms with E-state index in [-0.39, 0.29) is 0 Å². The van der Waals surface area contributed by atoms with Gasteiger partial charge in [0.25, 0.3) is 0 Å². The van der Waals surface area contributed by atoms with Gasteiger partial charge in [-0.2, -0.15) is 0 Å². The first kappa shape index (κ1) is 12.0. The average molecular weight is 239 g/mol. The molecule has 16 heavy (non-hydrogen) atoms. The molecule has 1 aromatic heterocycles. The Morgan fingerprint density at radius 3 is 3.25 bits per heavy atom. The first-order valence-corrected chi connectivity index (χ1v) is 6.92. The molecule has 1 aliphatic heterocycles. The topological polar surface area (TPSA) is 28.2 Å². The zero-order valence-electron chi connectivity index (χ0n) is 10.2. The SMILES string of the molecule is CNCc1csc(CC2CCCN(C)C2)n1. The number of aromatic nitrogens is 1. The lowest BCUT2D eigenvalue weighted by molar-refractivity contribution is 0.209. The van der Waals surface area contributed by atoms with E-state index in [1.54, 1.807) is 0 Å². The van der Waals surface area contributed by atoms with Crippen molar-refractivity contribution in [2.75, 3.05) is 27.2 Å². The standard InChI is InChI=1S/C12H21N3S/c1-13-7-11-9-16-12(14-11)6-10-4-3-5-15(2)8-10/h9-10,13H,3-8H2,1-2H3. The van der Waals surface area contributed by atoms with Gasteiger partial charge in [-0.1, -0.05) is 0 Å². The van der Waals surface area contributed by atoms with Crippen molar-refractivity contribution in [1.82, 2.24) is 15.2 Å². The van der Waals surface area contributed by atoms with E-state index in [0.717, 1.165) is 12.5 Å². The monoisotopic (exact) mass is 239 g/mol. The van der Waals surface area contributed by atoms with Crippen LogP contribution in [-0.2, 0) is 13.0 Å². The van der Waals surface area contributed by atoms with Crippen molar-refractivity contribution >= 4 is 11.3 Å². The predicted molar refractivity (Wildman–Crippen MR) is 68.8 cm³/mol. The Hall–Kier alpha value is -0.450. The number of nitrogens with one attached hydrogen (secondary N) is 1. The van der Waals surface area contributed by atoms with E-state index in [1.807, 2.05) is 18.4 Å². The summed E-state index contributed by atoms with van der Waals surface area (Å²) in [5.41, 5.74) is 1.19. The molecule has 0 aromatic carbocycles. The second-order valence-electron chi connectivity index (χ2n) is 4.74. The molecule has 1 unspecified atom stereocenters. The maximum absolute atomic E-state index is 4.66. The van der Waals surface area contributed by atoms with Crippen molar-refractivity contribution in [1.29, 1.82) is 0 Å². The number of thiazole rings is 1. The van der Waals surface area contributed by atoms with Gasteiger partial charge in [0.1, 0.15) is 0 Å². The molecule has 0 radical (unpaired) electrons. The molecule has 2 rings (SSSR count). The third kappa shape index (κ3) is 3.27. The lowest BCUT2D eigenvalue weighted by atomic mass is 9.95. The van der Waals surface area contributed by atoms with Gasteiger partial charge in [0.15, 0.2) is 0 Å². The zero-order chi connectivity index (χ0) is 11.4. The summed E-state index contributed by atoms with van der Waals surface area (Å²) in [6.07, 6.45) is 3.87. The summed E-state index contributed by atoms with van der Waals surface area (Å²) in [7, 11) is 4.19. The van der Waals surface area contributed by atoms with Crippen LogP contribution in [0, 0.1) is 5.92 Å². The Morgan fingerprint density at radius 1 is 1.62 bits per heavy atom. The van der Waals surface area contributed by atoms with E-state index in [9.17, 15) is 0 Å². The second kappa shape index (κ2) is 5.75. The summed E-state index contributed by atoms with van der Waals surface area (Å²) in [6.45, 7) is 3.39. The van der Waals surface area contributed by atoms with Crippen LogP contribution >= 0.6 is 11.3 Å². The van der Waals surface area contributed by atoms with Crippen molar-refractivity contribution < 1.29 is 0 Å². The number of rotatable bonds is 4. The van der Waals surface area contributed by atoms with E-state index in [4.69, 9.17) is 0 Å². The lowest BCUT2D eigenvalue weighted by Gasteiger charge is -2.29. The molecule has 4 heteroatoms. The van der Waals surface area contributed by atoms with Crippen LogP contribution in [0.1, 0.15) is 23.5 Å². The van der Waals surface area contributed by atoms with E-state index >= 15 is 0 Å². The Balaban J connectivity index is 1.87. The van der Waals surface area contributed by atoms with Gasteiger partial charge >= 0.3 is 0 Å². The van der Waals surface area contributed by atoms with Gasteiger partial charge in [-0.15, -0.1) is 11.3 Å². The third-order valence-corrected chi connectivity index (χ3v) is 4.06. The minimum atomic E-state index is 0.812. The molecule has 1 atom stereocenters. The largest absolute Gasteiger partial charge is 0.314 e. The van der Waals surface area contributed by atoms with Gasteiger partial charge in [-0.05, 0) is 39.4 Å². The van der Waals surface area contributed by atoms with Gasteiger partial charge in [-0.25, -0.2) is 4.98 Å². The first-order chi connectivity index (χ1) is 7.78. The Morgan fingerprint density at radius 2 is 2.50 bits per heavy atom. The van der Waals surface area contributed by atoms with Crippen molar-refractivity contribution in [3.8, 4) is 0 Å². The number of likely N-dealkylation sites (tertiary alicyclic amines) is 1. The minimum absolute atomic E-state index is 0.812. The fourth-order valence-corrected chi connectivity index (χ4v) is 3.30. The molecule has 1 N–H and O–H groups in total. The van der Waals surface area contributed by atoms with Gasteiger partial charge in [0.05, 0.1) is 10.7 Å². The van der Waals surface area contributed by atoms with Crippen molar-refractivity contribution in [3.05, 3.63) is 16.1 Å². The third-order valence-electron chi connectivity index (χ3n) is 3.14. The van der Waals surface area contributed by atoms with Gasteiger partial charge < -0.3 is 10.2 Å². The molecule has 0 bridgehead atoms. The highest BCUT2D eigenvalue weighted by Crippen LogP contribution is 2.21. The molecule has 1 fully saturated rings. The normalized spacial score (nSPS) is 22.5. The predicted octanol–water partition coefficient (Wildman–Crippen LogP) is 1.75. The Labute approximate surface area is 102 Å². The van der Waals surface area contributed by atoms with E-state index in [2.05, 4.69) is 27.6 Å². The zero-order valence-corrected chi connectivity index (χ0v) is 11.0. The van der Waals surface area contributed by atoms with Crippen LogP contribution in [0.4, 0.5) is 0 Å². The maximum Gasteiger partial charge on any atom is 0.0932 e.